The van der Waals surface area contributed by atoms with Gasteiger partial charge in [0.2, 0.25) is 5.88 Å². The number of aromatic nitrogens is 3. The third kappa shape index (κ3) is 2.61. The Morgan fingerprint density at radius 2 is 2.00 bits per heavy atom. The maximum absolute atomic E-state index is 5.98. The highest BCUT2D eigenvalue weighted by molar-refractivity contribution is 6.17. The van der Waals surface area contributed by atoms with Gasteiger partial charge in [-0.05, 0) is 25.8 Å². The molecule has 1 fully saturated rings. The number of imidazole rings is 1. The average molecular weight is 308 g/mol. The third-order valence-electron chi connectivity index (χ3n) is 4.55. The molecule has 1 saturated carbocycles. The minimum atomic E-state index is 0.0910. The van der Waals surface area contributed by atoms with Crippen molar-refractivity contribution in [1.29, 1.82) is 0 Å². The summed E-state index contributed by atoms with van der Waals surface area (Å²) in [5, 5.41) is 0. The van der Waals surface area contributed by atoms with Crippen molar-refractivity contribution in [2.75, 3.05) is 13.0 Å². The maximum Gasteiger partial charge on any atom is 0.215 e. The fraction of sp³-hybridized carbons (Fsp3) is 0.625. The van der Waals surface area contributed by atoms with Crippen LogP contribution in [0, 0.1) is 0 Å². The Balaban J connectivity index is 2.18. The summed E-state index contributed by atoms with van der Waals surface area (Å²) in [7, 11) is 1.65. The summed E-state index contributed by atoms with van der Waals surface area (Å²) in [6.07, 6.45) is 6.97. The minimum Gasteiger partial charge on any atom is -0.481 e. The van der Waals surface area contributed by atoms with Crippen molar-refractivity contribution in [3.63, 3.8) is 0 Å². The molecule has 0 amide bonds. The molecule has 0 aromatic carbocycles. The van der Waals surface area contributed by atoms with Crippen LogP contribution in [0.4, 0.5) is 0 Å². The fourth-order valence-electron chi connectivity index (χ4n) is 3.46. The molecule has 21 heavy (non-hydrogen) atoms. The molecule has 0 radical (unpaired) electrons. The topological polar surface area (TPSA) is 39.9 Å². The quantitative estimate of drug-likeness (QED) is 0.804. The van der Waals surface area contributed by atoms with Crippen LogP contribution in [0.15, 0.2) is 12.1 Å². The van der Waals surface area contributed by atoms with Gasteiger partial charge in [-0.1, -0.05) is 19.3 Å². The molecule has 0 saturated heterocycles. The van der Waals surface area contributed by atoms with E-state index in [-0.39, 0.29) is 5.54 Å². The molecular weight excluding hydrogens is 286 g/mol. The van der Waals surface area contributed by atoms with Gasteiger partial charge in [0.25, 0.3) is 0 Å². The van der Waals surface area contributed by atoms with E-state index in [1.165, 1.54) is 32.1 Å². The van der Waals surface area contributed by atoms with Gasteiger partial charge in [0, 0.05) is 23.9 Å². The second kappa shape index (κ2) is 5.84. The number of halogens is 1. The van der Waals surface area contributed by atoms with Crippen LogP contribution < -0.4 is 4.74 Å². The van der Waals surface area contributed by atoms with E-state index >= 15 is 0 Å². The molecule has 0 N–H and O–H groups in total. The predicted molar refractivity (Wildman–Crippen MR) is 85.2 cm³/mol. The standard InChI is InChI=1S/C16H22ClN3O/c1-16(9-4-3-5-10-16)20-13(8-11-17)18-12-6-7-14(21-2)19-15(12)20/h6-7H,3-5,8-11H2,1-2H3. The van der Waals surface area contributed by atoms with E-state index in [9.17, 15) is 0 Å². The van der Waals surface area contributed by atoms with Crippen LogP contribution in [0.1, 0.15) is 44.9 Å². The zero-order chi connectivity index (χ0) is 14.9. The SMILES string of the molecule is COc1ccc2nc(CCCl)n(C3(C)CCCCC3)c2n1. The molecule has 0 aliphatic heterocycles. The van der Waals surface area contributed by atoms with Crippen LogP contribution in [-0.2, 0) is 12.0 Å². The molecule has 0 unspecified atom stereocenters. The molecule has 0 spiro atoms. The van der Waals surface area contributed by atoms with Crippen LogP contribution in [0.3, 0.4) is 0 Å². The van der Waals surface area contributed by atoms with Crippen LogP contribution in [0.25, 0.3) is 11.2 Å². The van der Waals surface area contributed by atoms with Crippen molar-refractivity contribution in [3.05, 3.63) is 18.0 Å². The molecule has 3 rings (SSSR count). The maximum atomic E-state index is 5.98. The van der Waals surface area contributed by atoms with E-state index < -0.39 is 0 Å². The van der Waals surface area contributed by atoms with Gasteiger partial charge in [0.1, 0.15) is 11.3 Å². The number of hydrogen-bond donors (Lipinski definition) is 0. The van der Waals surface area contributed by atoms with Crippen LogP contribution in [0.2, 0.25) is 0 Å². The highest BCUT2D eigenvalue weighted by Crippen LogP contribution is 2.38. The van der Waals surface area contributed by atoms with Crippen molar-refractivity contribution in [3.8, 4) is 5.88 Å². The number of pyridine rings is 1. The van der Waals surface area contributed by atoms with Crippen LogP contribution in [0.5, 0.6) is 5.88 Å². The molecular formula is C16H22ClN3O. The van der Waals surface area contributed by atoms with Gasteiger partial charge in [-0.3, -0.25) is 0 Å². The Morgan fingerprint density at radius 1 is 1.24 bits per heavy atom. The lowest BCUT2D eigenvalue weighted by Crippen LogP contribution is -2.34. The second-order valence-corrected chi connectivity index (χ2v) is 6.43. The number of methoxy groups -OCH3 is 1. The average Bonchev–Trinajstić information content (AvgIpc) is 2.86. The zero-order valence-electron chi connectivity index (χ0n) is 12.7. The molecule has 4 nitrogen and oxygen atoms in total. The first kappa shape index (κ1) is 14.6. The number of hydrogen-bond acceptors (Lipinski definition) is 3. The monoisotopic (exact) mass is 307 g/mol. The third-order valence-corrected chi connectivity index (χ3v) is 4.74. The first-order valence-corrected chi connectivity index (χ1v) is 8.20. The molecule has 1 aliphatic rings. The summed E-state index contributed by atoms with van der Waals surface area (Å²) < 4.78 is 7.61. The second-order valence-electron chi connectivity index (χ2n) is 6.06. The lowest BCUT2D eigenvalue weighted by Gasteiger charge is -2.36. The molecule has 2 heterocycles. The summed E-state index contributed by atoms with van der Waals surface area (Å²) >= 11 is 5.98. The van der Waals surface area contributed by atoms with Gasteiger partial charge in [0.15, 0.2) is 5.65 Å². The fourth-order valence-corrected chi connectivity index (χ4v) is 3.63. The highest BCUT2D eigenvalue weighted by Gasteiger charge is 2.32. The van der Waals surface area contributed by atoms with Gasteiger partial charge >= 0.3 is 0 Å². The van der Waals surface area contributed by atoms with Gasteiger partial charge in [0.05, 0.1) is 7.11 Å². The van der Waals surface area contributed by atoms with E-state index in [0.717, 1.165) is 23.4 Å². The van der Waals surface area contributed by atoms with E-state index in [4.69, 9.17) is 21.3 Å². The molecule has 0 atom stereocenters. The van der Waals surface area contributed by atoms with E-state index in [0.29, 0.717) is 11.8 Å². The number of aryl methyl sites for hydroxylation is 1. The largest absolute Gasteiger partial charge is 0.481 e. The molecule has 1 aliphatic carbocycles. The summed E-state index contributed by atoms with van der Waals surface area (Å²) in [5.74, 6) is 2.27. The Bertz CT molecular complexity index is 632. The van der Waals surface area contributed by atoms with Gasteiger partial charge in [-0.15, -0.1) is 11.6 Å². The van der Waals surface area contributed by atoms with E-state index in [1.54, 1.807) is 7.11 Å². The molecule has 2 aromatic heterocycles. The Hall–Kier alpha value is -1.29. The summed E-state index contributed by atoms with van der Waals surface area (Å²) in [4.78, 5) is 9.41. The first-order chi connectivity index (χ1) is 10.2. The van der Waals surface area contributed by atoms with Crippen molar-refractivity contribution in [2.45, 2.75) is 51.0 Å². The smallest absolute Gasteiger partial charge is 0.215 e. The molecule has 2 aromatic rings. The Morgan fingerprint density at radius 3 is 2.67 bits per heavy atom. The van der Waals surface area contributed by atoms with E-state index in [2.05, 4.69) is 16.5 Å². The molecule has 114 valence electrons. The first-order valence-electron chi connectivity index (χ1n) is 7.67. The van der Waals surface area contributed by atoms with Gasteiger partial charge < -0.3 is 9.30 Å². The summed E-state index contributed by atoms with van der Waals surface area (Å²) in [6.45, 7) is 2.33. The zero-order valence-corrected chi connectivity index (χ0v) is 13.5. The number of rotatable bonds is 4. The number of nitrogens with zero attached hydrogens (tertiary/aromatic N) is 3. The summed E-state index contributed by atoms with van der Waals surface area (Å²) in [5.41, 5.74) is 1.95. The predicted octanol–water partition coefficient (Wildman–Crippen LogP) is 3.90. The van der Waals surface area contributed by atoms with Crippen molar-refractivity contribution in [1.82, 2.24) is 14.5 Å². The molecule has 0 bridgehead atoms. The minimum absolute atomic E-state index is 0.0910. The number of fused-ring (bicyclic) bond motifs is 1. The van der Waals surface area contributed by atoms with Crippen LogP contribution in [-0.4, -0.2) is 27.5 Å². The molecule has 5 heteroatoms. The van der Waals surface area contributed by atoms with Gasteiger partial charge in [-0.25, -0.2) is 4.98 Å². The summed E-state index contributed by atoms with van der Waals surface area (Å²) in [6, 6.07) is 3.86. The van der Waals surface area contributed by atoms with E-state index in [1.807, 2.05) is 12.1 Å². The van der Waals surface area contributed by atoms with Crippen molar-refractivity contribution >= 4 is 22.8 Å². The Labute approximate surface area is 130 Å². The lowest BCUT2D eigenvalue weighted by molar-refractivity contribution is 0.218. The van der Waals surface area contributed by atoms with Crippen molar-refractivity contribution in [2.24, 2.45) is 0 Å². The number of ether oxygens (including phenoxy) is 1. The van der Waals surface area contributed by atoms with Gasteiger partial charge in [-0.2, -0.15) is 4.98 Å². The Kier molecular flexibility index (Phi) is 4.07. The van der Waals surface area contributed by atoms with Crippen LogP contribution >= 0.6 is 11.6 Å². The van der Waals surface area contributed by atoms with Crippen molar-refractivity contribution < 1.29 is 4.74 Å². The highest BCUT2D eigenvalue weighted by atomic mass is 35.5. The number of alkyl halides is 1. The normalized spacial score (nSPS) is 18.0. The lowest BCUT2D eigenvalue weighted by atomic mass is 9.83.